The maximum absolute atomic E-state index is 11.4. The molecule has 2 aromatic carbocycles. The van der Waals surface area contributed by atoms with Gasteiger partial charge in [0.15, 0.2) is 0 Å². The fourth-order valence-corrected chi connectivity index (χ4v) is 2.76. The van der Waals surface area contributed by atoms with Crippen molar-refractivity contribution in [3.63, 3.8) is 0 Å². The number of aldehydes is 1. The largest absolute Gasteiger partial charge is 0.397 e. The molecule has 0 saturated heterocycles. The zero-order valence-corrected chi connectivity index (χ0v) is 15.5. The molecular formula is C21H26N4O. The van der Waals surface area contributed by atoms with Gasteiger partial charge in [-0.1, -0.05) is 43.0 Å². The van der Waals surface area contributed by atoms with Gasteiger partial charge in [0, 0.05) is 11.1 Å². The molecule has 0 aliphatic carbocycles. The standard InChI is InChI=1S/C21H26N4O/c1-5-19(25-23)20(22)15-8-6-14(7-9-15)16-10-11-17(13-26)18(12-16)21(2,3)24-4/h5-13,24-25H,1,22-23H2,2-4H3/b20-19-. The monoisotopic (exact) mass is 350 g/mol. The van der Waals surface area contributed by atoms with E-state index >= 15 is 0 Å². The summed E-state index contributed by atoms with van der Waals surface area (Å²) in [4.78, 5) is 11.4. The van der Waals surface area contributed by atoms with E-state index in [1.54, 1.807) is 6.08 Å². The SMILES string of the molecule is C=C/C(NN)=C(/N)c1ccc(-c2ccc(C=O)c(C(C)(C)NC)c2)cc1. The summed E-state index contributed by atoms with van der Waals surface area (Å²) >= 11 is 0. The number of carbonyl (C=O) groups excluding carboxylic acids is 1. The van der Waals surface area contributed by atoms with Crippen LogP contribution in [0.3, 0.4) is 0 Å². The van der Waals surface area contributed by atoms with Gasteiger partial charge in [-0.3, -0.25) is 10.6 Å². The van der Waals surface area contributed by atoms with Gasteiger partial charge in [-0.15, -0.1) is 0 Å². The zero-order chi connectivity index (χ0) is 19.3. The number of hydrogen-bond acceptors (Lipinski definition) is 5. The molecular weight excluding hydrogens is 324 g/mol. The topological polar surface area (TPSA) is 93.2 Å². The summed E-state index contributed by atoms with van der Waals surface area (Å²) in [6.45, 7) is 7.78. The van der Waals surface area contributed by atoms with E-state index in [0.717, 1.165) is 28.5 Å². The van der Waals surface area contributed by atoms with Crippen molar-refractivity contribution in [2.45, 2.75) is 19.4 Å². The molecule has 5 heteroatoms. The first-order valence-electron chi connectivity index (χ1n) is 8.36. The van der Waals surface area contributed by atoms with Gasteiger partial charge in [0.25, 0.3) is 0 Å². The molecule has 0 radical (unpaired) electrons. The van der Waals surface area contributed by atoms with Crippen molar-refractivity contribution in [3.8, 4) is 11.1 Å². The highest BCUT2D eigenvalue weighted by Crippen LogP contribution is 2.29. The molecule has 0 spiro atoms. The molecule has 0 aliphatic rings. The van der Waals surface area contributed by atoms with Crippen LogP contribution >= 0.6 is 0 Å². The van der Waals surface area contributed by atoms with Crippen LogP contribution in [0.2, 0.25) is 0 Å². The van der Waals surface area contributed by atoms with E-state index in [2.05, 4.69) is 17.3 Å². The summed E-state index contributed by atoms with van der Waals surface area (Å²) in [5.41, 5.74) is 14.0. The van der Waals surface area contributed by atoms with Crippen molar-refractivity contribution in [2.24, 2.45) is 11.6 Å². The van der Waals surface area contributed by atoms with Crippen LogP contribution in [0.1, 0.15) is 35.3 Å². The van der Waals surface area contributed by atoms with E-state index in [0.29, 0.717) is 17.0 Å². The Morgan fingerprint density at radius 3 is 2.23 bits per heavy atom. The summed E-state index contributed by atoms with van der Waals surface area (Å²) in [5, 5.41) is 3.25. The Morgan fingerprint density at radius 1 is 1.12 bits per heavy atom. The Kier molecular flexibility index (Phi) is 5.97. The second kappa shape index (κ2) is 7.99. The molecule has 0 atom stereocenters. The lowest BCUT2D eigenvalue weighted by molar-refractivity contribution is 0.112. The summed E-state index contributed by atoms with van der Waals surface area (Å²) in [5.74, 6) is 5.45. The maximum Gasteiger partial charge on any atom is 0.150 e. The minimum atomic E-state index is -0.314. The summed E-state index contributed by atoms with van der Waals surface area (Å²) in [6, 6.07) is 13.7. The Morgan fingerprint density at radius 2 is 1.73 bits per heavy atom. The Hall–Kier alpha value is -2.89. The molecule has 0 bridgehead atoms. The van der Waals surface area contributed by atoms with Crippen molar-refractivity contribution < 1.29 is 4.79 Å². The molecule has 6 N–H and O–H groups in total. The molecule has 5 nitrogen and oxygen atoms in total. The molecule has 0 fully saturated rings. The van der Waals surface area contributed by atoms with Crippen molar-refractivity contribution in [3.05, 3.63) is 77.5 Å². The van der Waals surface area contributed by atoms with E-state index in [9.17, 15) is 4.79 Å². The van der Waals surface area contributed by atoms with Crippen LogP contribution in [-0.4, -0.2) is 13.3 Å². The molecule has 2 rings (SSSR count). The lowest BCUT2D eigenvalue weighted by Crippen LogP contribution is -2.34. The highest BCUT2D eigenvalue weighted by atomic mass is 16.1. The minimum Gasteiger partial charge on any atom is -0.397 e. The minimum absolute atomic E-state index is 0.314. The van der Waals surface area contributed by atoms with E-state index < -0.39 is 0 Å². The normalized spacial score (nSPS) is 12.3. The van der Waals surface area contributed by atoms with Gasteiger partial charge in [0.1, 0.15) is 6.29 Å². The predicted octanol–water partition coefficient (Wildman–Crippen LogP) is 2.90. The maximum atomic E-state index is 11.4. The van der Waals surface area contributed by atoms with Crippen LogP contribution in [0.4, 0.5) is 0 Å². The third-order valence-electron chi connectivity index (χ3n) is 4.66. The Labute approximate surface area is 154 Å². The molecule has 0 amide bonds. The first-order chi connectivity index (χ1) is 12.4. The van der Waals surface area contributed by atoms with E-state index in [1.807, 2.05) is 63.4 Å². The van der Waals surface area contributed by atoms with Crippen molar-refractivity contribution in [1.29, 1.82) is 0 Å². The van der Waals surface area contributed by atoms with E-state index in [-0.39, 0.29) is 5.54 Å². The molecule has 0 aliphatic heterocycles. The van der Waals surface area contributed by atoms with Crippen molar-refractivity contribution >= 4 is 12.0 Å². The van der Waals surface area contributed by atoms with Crippen LogP contribution < -0.4 is 22.3 Å². The van der Waals surface area contributed by atoms with Gasteiger partial charge in [0.2, 0.25) is 0 Å². The first kappa shape index (κ1) is 19.4. The van der Waals surface area contributed by atoms with Crippen LogP contribution in [0.25, 0.3) is 16.8 Å². The fraction of sp³-hybridized carbons (Fsp3) is 0.190. The predicted molar refractivity (Wildman–Crippen MR) is 108 cm³/mol. The highest BCUT2D eigenvalue weighted by molar-refractivity contribution is 5.81. The first-order valence-corrected chi connectivity index (χ1v) is 8.36. The zero-order valence-electron chi connectivity index (χ0n) is 15.5. The lowest BCUT2D eigenvalue weighted by atomic mass is 9.87. The van der Waals surface area contributed by atoms with Gasteiger partial charge in [-0.05, 0) is 55.3 Å². The number of hydrazine groups is 1. The third kappa shape index (κ3) is 3.85. The Balaban J connectivity index is 2.47. The number of carbonyl (C=O) groups is 1. The van der Waals surface area contributed by atoms with Gasteiger partial charge < -0.3 is 16.5 Å². The average Bonchev–Trinajstić information content (AvgIpc) is 2.68. The molecule has 0 saturated carbocycles. The lowest BCUT2D eigenvalue weighted by Gasteiger charge is -2.27. The molecule has 2 aromatic rings. The van der Waals surface area contributed by atoms with Gasteiger partial charge in [-0.2, -0.15) is 0 Å². The van der Waals surface area contributed by atoms with E-state index in [4.69, 9.17) is 11.6 Å². The molecule has 136 valence electrons. The number of nitrogens with two attached hydrogens (primary N) is 2. The highest BCUT2D eigenvalue weighted by Gasteiger charge is 2.21. The number of hydrogen-bond donors (Lipinski definition) is 4. The summed E-state index contributed by atoms with van der Waals surface area (Å²) in [6.07, 6.45) is 2.47. The third-order valence-corrected chi connectivity index (χ3v) is 4.66. The molecule has 0 heterocycles. The van der Waals surface area contributed by atoms with Crippen LogP contribution in [-0.2, 0) is 5.54 Å². The quantitative estimate of drug-likeness (QED) is 0.267. The van der Waals surface area contributed by atoms with Crippen molar-refractivity contribution in [2.75, 3.05) is 7.05 Å². The van der Waals surface area contributed by atoms with Crippen LogP contribution in [0.5, 0.6) is 0 Å². The second-order valence-corrected chi connectivity index (χ2v) is 6.55. The van der Waals surface area contributed by atoms with Crippen LogP contribution in [0.15, 0.2) is 60.8 Å². The summed E-state index contributed by atoms with van der Waals surface area (Å²) < 4.78 is 0. The van der Waals surface area contributed by atoms with Gasteiger partial charge in [0.05, 0.1) is 11.4 Å². The van der Waals surface area contributed by atoms with Gasteiger partial charge >= 0.3 is 0 Å². The van der Waals surface area contributed by atoms with E-state index in [1.165, 1.54) is 0 Å². The fourth-order valence-electron chi connectivity index (χ4n) is 2.76. The number of benzene rings is 2. The smallest absolute Gasteiger partial charge is 0.150 e. The average molecular weight is 350 g/mol. The molecule has 26 heavy (non-hydrogen) atoms. The molecule has 0 unspecified atom stereocenters. The second-order valence-electron chi connectivity index (χ2n) is 6.55. The Bertz CT molecular complexity index is 836. The van der Waals surface area contributed by atoms with Crippen LogP contribution in [0, 0.1) is 0 Å². The van der Waals surface area contributed by atoms with Crippen molar-refractivity contribution in [1.82, 2.24) is 10.7 Å². The number of rotatable bonds is 7. The van der Waals surface area contributed by atoms with Gasteiger partial charge in [-0.25, -0.2) is 0 Å². The number of nitrogens with one attached hydrogen (secondary N) is 2. The summed E-state index contributed by atoms with van der Waals surface area (Å²) in [7, 11) is 1.88. The molecule has 0 aromatic heterocycles. The number of allylic oxidation sites excluding steroid dienone is 1.